The van der Waals surface area contributed by atoms with Gasteiger partial charge in [-0.15, -0.1) is 0 Å². The number of carboxylic acid groups (broad SMARTS) is 1. The van der Waals surface area contributed by atoms with Crippen LogP contribution in [0.5, 0.6) is 0 Å². The van der Waals surface area contributed by atoms with Crippen molar-refractivity contribution in [2.24, 2.45) is 11.8 Å². The number of hydrogen-bond donors (Lipinski definition) is 2. The Balaban J connectivity index is 2.66. The van der Waals surface area contributed by atoms with E-state index in [1.165, 1.54) is 0 Å². The fraction of sp³-hybridized carbons (Fsp3) is 0.500. The highest BCUT2D eigenvalue weighted by Crippen LogP contribution is 2.20. The van der Waals surface area contributed by atoms with Crippen molar-refractivity contribution in [1.29, 1.82) is 0 Å². The molecule has 116 valence electrons. The highest BCUT2D eigenvalue weighted by Gasteiger charge is 2.20. The highest BCUT2D eigenvalue weighted by atomic mass is 79.9. The van der Waals surface area contributed by atoms with Crippen LogP contribution in [-0.2, 0) is 16.0 Å². The smallest absolute Gasteiger partial charge is 0.305 e. The molecule has 0 bridgehead atoms. The molecular formula is C16H22BrNO3. The number of aliphatic carboxylic acids is 1. The summed E-state index contributed by atoms with van der Waals surface area (Å²) < 4.78 is 0.995. The van der Waals surface area contributed by atoms with E-state index in [4.69, 9.17) is 5.11 Å². The Labute approximate surface area is 134 Å². The highest BCUT2D eigenvalue weighted by molar-refractivity contribution is 9.10. The molecule has 0 aliphatic rings. The van der Waals surface area contributed by atoms with Gasteiger partial charge in [-0.2, -0.15) is 0 Å². The van der Waals surface area contributed by atoms with Crippen LogP contribution < -0.4 is 5.32 Å². The van der Waals surface area contributed by atoms with Gasteiger partial charge < -0.3 is 10.4 Å². The van der Waals surface area contributed by atoms with Crippen LogP contribution in [0.4, 0.5) is 0 Å². The van der Waals surface area contributed by atoms with E-state index in [0.29, 0.717) is 12.3 Å². The monoisotopic (exact) mass is 355 g/mol. The van der Waals surface area contributed by atoms with Crippen molar-refractivity contribution in [2.75, 3.05) is 6.54 Å². The van der Waals surface area contributed by atoms with Crippen molar-refractivity contribution in [2.45, 2.75) is 33.1 Å². The van der Waals surface area contributed by atoms with Gasteiger partial charge in [0.1, 0.15) is 0 Å². The number of benzene rings is 1. The molecule has 0 radical (unpaired) electrons. The van der Waals surface area contributed by atoms with Gasteiger partial charge in [0, 0.05) is 16.9 Å². The first-order valence-corrected chi connectivity index (χ1v) is 7.91. The fourth-order valence-corrected chi connectivity index (χ4v) is 2.68. The zero-order valence-electron chi connectivity index (χ0n) is 12.4. The third kappa shape index (κ3) is 7.27. The van der Waals surface area contributed by atoms with Crippen LogP contribution in [0.15, 0.2) is 28.7 Å². The van der Waals surface area contributed by atoms with Gasteiger partial charge in [0.05, 0.1) is 6.42 Å². The topological polar surface area (TPSA) is 66.4 Å². The third-order valence-corrected chi connectivity index (χ3v) is 3.63. The lowest BCUT2D eigenvalue weighted by Gasteiger charge is -2.19. The molecule has 0 aliphatic carbocycles. The standard InChI is InChI=1S/C16H22BrNO3/c1-11(2)8-13(16(21)18-7-6-15(19)20)9-12-4-3-5-14(17)10-12/h3-5,10-11,13H,6-9H2,1-2H3,(H,18,21)(H,19,20). The van der Waals surface area contributed by atoms with Crippen LogP contribution in [-0.4, -0.2) is 23.5 Å². The van der Waals surface area contributed by atoms with Crippen LogP contribution in [0.2, 0.25) is 0 Å². The molecule has 0 saturated heterocycles. The number of rotatable bonds is 8. The second kappa shape index (κ2) is 8.82. The Morgan fingerprint density at radius 2 is 2.05 bits per heavy atom. The van der Waals surface area contributed by atoms with E-state index in [2.05, 4.69) is 35.1 Å². The maximum atomic E-state index is 12.2. The minimum atomic E-state index is -0.900. The number of carbonyl (C=O) groups excluding carboxylic acids is 1. The first-order chi connectivity index (χ1) is 9.88. The lowest BCUT2D eigenvalue weighted by Crippen LogP contribution is -2.34. The maximum absolute atomic E-state index is 12.2. The number of hydrogen-bond acceptors (Lipinski definition) is 2. The molecule has 0 spiro atoms. The van der Waals surface area contributed by atoms with Gasteiger partial charge >= 0.3 is 5.97 Å². The van der Waals surface area contributed by atoms with Crippen molar-refractivity contribution < 1.29 is 14.7 Å². The van der Waals surface area contributed by atoms with E-state index in [9.17, 15) is 9.59 Å². The summed E-state index contributed by atoms with van der Waals surface area (Å²) in [6, 6.07) is 7.92. The SMILES string of the molecule is CC(C)CC(Cc1cccc(Br)c1)C(=O)NCCC(=O)O. The van der Waals surface area contributed by atoms with Gasteiger partial charge in [0.15, 0.2) is 0 Å². The molecule has 0 aromatic heterocycles. The summed E-state index contributed by atoms with van der Waals surface area (Å²) in [5.74, 6) is -0.687. The summed E-state index contributed by atoms with van der Waals surface area (Å²) >= 11 is 3.43. The van der Waals surface area contributed by atoms with E-state index >= 15 is 0 Å². The minimum Gasteiger partial charge on any atom is -0.481 e. The average Bonchev–Trinajstić information content (AvgIpc) is 2.37. The van der Waals surface area contributed by atoms with Crippen LogP contribution in [0.1, 0.15) is 32.3 Å². The van der Waals surface area contributed by atoms with Crippen molar-refractivity contribution >= 4 is 27.8 Å². The summed E-state index contributed by atoms with van der Waals surface area (Å²) in [4.78, 5) is 22.7. The van der Waals surface area contributed by atoms with E-state index in [1.807, 2.05) is 24.3 Å². The maximum Gasteiger partial charge on any atom is 0.305 e. The first-order valence-electron chi connectivity index (χ1n) is 7.12. The number of amides is 1. The molecule has 5 heteroatoms. The molecule has 1 unspecified atom stereocenters. The lowest BCUT2D eigenvalue weighted by atomic mass is 9.90. The van der Waals surface area contributed by atoms with Crippen LogP contribution in [0, 0.1) is 11.8 Å². The van der Waals surface area contributed by atoms with Gasteiger partial charge in [-0.25, -0.2) is 0 Å². The molecule has 0 saturated carbocycles. The predicted octanol–water partition coefficient (Wildman–Crippen LogP) is 3.24. The molecule has 1 aromatic carbocycles. The average molecular weight is 356 g/mol. The molecule has 0 heterocycles. The van der Waals surface area contributed by atoms with Gasteiger partial charge in [-0.05, 0) is 36.5 Å². The molecule has 1 aromatic rings. The summed E-state index contributed by atoms with van der Waals surface area (Å²) in [5, 5.41) is 11.3. The van der Waals surface area contributed by atoms with Gasteiger partial charge in [0.25, 0.3) is 0 Å². The van der Waals surface area contributed by atoms with Crippen molar-refractivity contribution in [3.05, 3.63) is 34.3 Å². The molecular weight excluding hydrogens is 334 g/mol. The molecule has 2 N–H and O–H groups in total. The van der Waals surface area contributed by atoms with Crippen molar-refractivity contribution in [1.82, 2.24) is 5.32 Å². The third-order valence-electron chi connectivity index (χ3n) is 3.14. The molecule has 0 fully saturated rings. The van der Waals surface area contributed by atoms with E-state index in [0.717, 1.165) is 16.5 Å². The van der Waals surface area contributed by atoms with Crippen LogP contribution in [0.25, 0.3) is 0 Å². The number of carboxylic acids is 1. The molecule has 0 aliphatic heterocycles. The lowest BCUT2D eigenvalue weighted by molar-refractivity contribution is -0.137. The quantitative estimate of drug-likeness (QED) is 0.752. The summed E-state index contributed by atoms with van der Waals surface area (Å²) in [6.45, 7) is 4.35. The van der Waals surface area contributed by atoms with Crippen LogP contribution in [0.3, 0.4) is 0 Å². The Morgan fingerprint density at radius 1 is 1.33 bits per heavy atom. The number of nitrogens with one attached hydrogen (secondary N) is 1. The van der Waals surface area contributed by atoms with E-state index < -0.39 is 5.97 Å². The Hall–Kier alpha value is -1.36. The second-order valence-corrected chi connectivity index (χ2v) is 6.51. The Kier molecular flexibility index (Phi) is 7.43. The van der Waals surface area contributed by atoms with Gasteiger partial charge in [-0.1, -0.05) is 41.9 Å². The van der Waals surface area contributed by atoms with Gasteiger partial charge in [-0.3, -0.25) is 9.59 Å². The zero-order chi connectivity index (χ0) is 15.8. The van der Waals surface area contributed by atoms with E-state index in [1.54, 1.807) is 0 Å². The van der Waals surface area contributed by atoms with Crippen molar-refractivity contribution in [3.8, 4) is 0 Å². The van der Waals surface area contributed by atoms with Gasteiger partial charge in [0.2, 0.25) is 5.91 Å². The van der Waals surface area contributed by atoms with E-state index in [-0.39, 0.29) is 24.8 Å². The molecule has 21 heavy (non-hydrogen) atoms. The fourth-order valence-electron chi connectivity index (χ4n) is 2.24. The molecule has 1 atom stereocenters. The molecule has 1 rings (SSSR count). The number of carbonyl (C=O) groups is 2. The minimum absolute atomic E-state index is 0.0446. The number of halogens is 1. The summed E-state index contributed by atoms with van der Waals surface area (Å²) in [6.07, 6.45) is 1.40. The predicted molar refractivity (Wildman–Crippen MR) is 86.1 cm³/mol. The molecule has 4 nitrogen and oxygen atoms in total. The summed E-state index contributed by atoms with van der Waals surface area (Å²) in [5.41, 5.74) is 1.10. The largest absolute Gasteiger partial charge is 0.481 e. The normalized spacial score (nSPS) is 12.2. The first kappa shape index (κ1) is 17.7. The van der Waals surface area contributed by atoms with Crippen LogP contribution >= 0.6 is 15.9 Å². The molecule has 1 amide bonds. The second-order valence-electron chi connectivity index (χ2n) is 5.60. The Morgan fingerprint density at radius 3 is 2.62 bits per heavy atom. The van der Waals surface area contributed by atoms with Crippen molar-refractivity contribution in [3.63, 3.8) is 0 Å². The summed E-state index contributed by atoms with van der Waals surface area (Å²) in [7, 11) is 0. The Bertz CT molecular complexity index is 488. The zero-order valence-corrected chi connectivity index (χ0v) is 14.0.